The van der Waals surface area contributed by atoms with Crippen LogP contribution >= 0.6 is 0 Å². The molecule has 2 rings (SSSR count). The first-order valence-electron chi connectivity index (χ1n) is 6.23. The average Bonchev–Trinajstić information content (AvgIpc) is 2.32. The molecule has 1 fully saturated rings. The highest BCUT2D eigenvalue weighted by Gasteiger charge is 2.31. The van der Waals surface area contributed by atoms with Crippen LogP contribution in [0.15, 0.2) is 29.2 Å². The third-order valence-corrected chi connectivity index (χ3v) is 5.42. The van der Waals surface area contributed by atoms with Gasteiger partial charge in [0.2, 0.25) is 10.0 Å². The molecule has 100 valence electrons. The van der Waals surface area contributed by atoms with E-state index in [2.05, 4.69) is 0 Å². The molecule has 0 radical (unpaired) electrons. The van der Waals surface area contributed by atoms with Crippen LogP contribution in [0.1, 0.15) is 18.9 Å². The van der Waals surface area contributed by atoms with Crippen molar-refractivity contribution in [2.45, 2.75) is 31.2 Å². The van der Waals surface area contributed by atoms with Gasteiger partial charge in [-0.2, -0.15) is 4.31 Å². The zero-order chi connectivity index (χ0) is 13.3. The van der Waals surface area contributed by atoms with Crippen LogP contribution in [0, 0.1) is 12.8 Å². The minimum Gasteiger partial charge on any atom is -0.327 e. The van der Waals surface area contributed by atoms with Crippen LogP contribution in [-0.2, 0) is 10.0 Å². The molecule has 1 aromatic carbocycles. The second kappa shape index (κ2) is 4.99. The molecule has 0 aromatic heterocycles. The SMILES string of the molecule is Cc1cccc(S(=O)(=O)N2CCC(N)C(C)C2)c1. The Bertz CT molecular complexity index is 528. The fourth-order valence-corrected chi connectivity index (χ4v) is 3.93. The van der Waals surface area contributed by atoms with Gasteiger partial charge in [0.25, 0.3) is 0 Å². The second-order valence-corrected chi connectivity index (χ2v) is 7.05. The number of aryl methyl sites for hydroxylation is 1. The molecule has 1 aliphatic rings. The topological polar surface area (TPSA) is 63.4 Å². The van der Waals surface area contributed by atoms with Crippen molar-refractivity contribution in [2.24, 2.45) is 11.7 Å². The lowest BCUT2D eigenvalue weighted by Crippen LogP contribution is -2.48. The van der Waals surface area contributed by atoms with Gasteiger partial charge in [0.05, 0.1) is 4.90 Å². The van der Waals surface area contributed by atoms with Crippen molar-refractivity contribution in [2.75, 3.05) is 13.1 Å². The third kappa shape index (κ3) is 2.58. The van der Waals surface area contributed by atoms with Crippen LogP contribution in [-0.4, -0.2) is 31.9 Å². The molecule has 0 saturated carbocycles. The molecule has 4 nitrogen and oxygen atoms in total. The van der Waals surface area contributed by atoms with E-state index in [1.54, 1.807) is 22.5 Å². The standard InChI is InChI=1S/C13H20N2O2S/c1-10-4-3-5-12(8-10)18(16,17)15-7-6-13(14)11(2)9-15/h3-5,8,11,13H,6-7,9,14H2,1-2H3. The molecule has 1 saturated heterocycles. The number of nitrogens with two attached hydrogens (primary N) is 1. The number of rotatable bonds is 2. The maximum Gasteiger partial charge on any atom is 0.243 e. The monoisotopic (exact) mass is 268 g/mol. The molecule has 1 aromatic rings. The molecule has 0 bridgehead atoms. The van der Waals surface area contributed by atoms with Crippen molar-refractivity contribution in [1.29, 1.82) is 0 Å². The minimum absolute atomic E-state index is 0.106. The zero-order valence-electron chi connectivity index (χ0n) is 10.8. The lowest BCUT2D eigenvalue weighted by atomic mass is 9.96. The number of hydrogen-bond acceptors (Lipinski definition) is 3. The molecule has 0 spiro atoms. The number of benzene rings is 1. The summed E-state index contributed by atoms with van der Waals surface area (Å²) in [6.45, 7) is 4.93. The highest BCUT2D eigenvalue weighted by molar-refractivity contribution is 7.89. The van der Waals surface area contributed by atoms with Gasteiger partial charge in [0, 0.05) is 19.1 Å². The summed E-state index contributed by atoms with van der Waals surface area (Å²) in [6, 6.07) is 7.15. The van der Waals surface area contributed by atoms with Gasteiger partial charge in [0.1, 0.15) is 0 Å². The number of piperidine rings is 1. The van der Waals surface area contributed by atoms with Crippen LogP contribution in [0.25, 0.3) is 0 Å². The van der Waals surface area contributed by atoms with E-state index >= 15 is 0 Å². The van der Waals surface area contributed by atoms with Crippen molar-refractivity contribution >= 4 is 10.0 Å². The Morgan fingerprint density at radius 3 is 2.72 bits per heavy atom. The van der Waals surface area contributed by atoms with Crippen molar-refractivity contribution in [3.63, 3.8) is 0 Å². The summed E-state index contributed by atoms with van der Waals surface area (Å²) in [5.74, 6) is 0.207. The summed E-state index contributed by atoms with van der Waals surface area (Å²) in [5.41, 5.74) is 6.88. The highest BCUT2D eigenvalue weighted by atomic mass is 32.2. The predicted molar refractivity (Wildman–Crippen MR) is 71.7 cm³/mol. The predicted octanol–water partition coefficient (Wildman–Crippen LogP) is 1.35. The molecule has 2 unspecified atom stereocenters. The lowest BCUT2D eigenvalue weighted by molar-refractivity contribution is 0.250. The van der Waals surface area contributed by atoms with Crippen LogP contribution in [0.2, 0.25) is 0 Å². The van der Waals surface area contributed by atoms with Gasteiger partial charge in [-0.3, -0.25) is 0 Å². The molecule has 0 aliphatic carbocycles. The number of sulfonamides is 1. The molecule has 5 heteroatoms. The molecule has 0 amide bonds. The fraction of sp³-hybridized carbons (Fsp3) is 0.538. The van der Waals surface area contributed by atoms with E-state index in [4.69, 9.17) is 5.73 Å². The first kappa shape index (κ1) is 13.5. The molecule has 2 N–H and O–H groups in total. The Balaban J connectivity index is 2.27. The molecule has 18 heavy (non-hydrogen) atoms. The Morgan fingerprint density at radius 2 is 2.11 bits per heavy atom. The van der Waals surface area contributed by atoms with Gasteiger partial charge in [-0.15, -0.1) is 0 Å². The summed E-state index contributed by atoms with van der Waals surface area (Å²) in [6.07, 6.45) is 0.728. The maximum absolute atomic E-state index is 12.5. The Kier molecular flexibility index (Phi) is 3.75. The van der Waals surface area contributed by atoms with Gasteiger partial charge in [-0.1, -0.05) is 19.1 Å². The molecular formula is C13H20N2O2S. The van der Waals surface area contributed by atoms with Gasteiger partial charge in [0.15, 0.2) is 0 Å². The van der Waals surface area contributed by atoms with Crippen LogP contribution in [0.3, 0.4) is 0 Å². The normalized spacial score (nSPS) is 26.2. The molecular weight excluding hydrogens is 248 g/mol. The summed E-state index contributed by atoms with van der Waals surface area (Å²) >= 11 is 0. The van der Waals surface area contributed by atoms with Gasteiger partial charge in [-0.05, 0) is 37.0 Å². The Morgan fingerprint density at radius 1 is 1.39 bits per heavy atom. The summed E-state index contributed by atoms with van der Waals surface area (Å²) in [4.78, 5) is 0.380. The van der Waals surface area contributed by atoms with Crippen molar-refractivity contribution in [1.82, 2.24) is 4.31 Å². The van der Waals surface area contributed by atoms with E-state index in [1.165, 1.54) is 0 Å². The molecule has 1 aliphatic heterocycles. The average molecular weight is 268 g/mol. The van der Waals surface area contributed by atoms with E-state index in [1.807, 2.05) is 19.9 Å². The van der Waals surface area contributed by atoms with E-state index in [0.29, 0.717) is 18.0 Å². The summed E-state index contributed by atoms with van der Waals surface area (Å²) < 4.78 is 26.5. The summed E-state index contributed by atoms with van der Waals surface area (Å²) in [5, 5.41) is 0. The van der Waals surface area contributed by atoms with Crippen LogP contribution < -0.4 is 5.73 Å². The van der Waals surface area contributed by atoms with Crippen LogP contribution in [0.4, 0.5) is 0 Å². The largest absolute Gasteiger partial charge is 0.327 e. The number of hydrogen-bond donors (Lipinski definition) is 1. The first-order chi connectivity index (χ1) is 8.41. The van der Waals surface area contributed by atoms with Crippen LogP contribution in [0.5, 0.6) is 0 Å². The minimum atomic E-state index is -3.36. The van der Waals surface area contributed by atoms with E-state index in [9.17, 15) is 8.42 Å². The van der Waals surface area contributed by atoms with Gasteiger partial charge >= 0.3 is 0 Å². The van der Waals surface area contributed by atoms with E-state index in [0.717, 1.165) is 12.0 Å². The van der Waals surface area contributed by atoms with Crippen molar-refractivity contribution in [3.8, 4) is 0 Å². The van der Waals surface area contributed by atoms with Gasteiger partial charge in [-0.25, -0.2) is 8.42 Å². The van der Waals surface area contributed by atoms with E-state index < -0.39 is 10.0 Å². The van der Waals surface area contributed by atoms with E-state index in [-0.39, 0.29) is 12.0 Å². The number of nitrogens with zero attached hydrogens (tertiary/aromatic N) is 1. The van der Waals surface area contributed by atoms with Gasteiger partial charge < -0.3 is 5.73 Å². The quantitative estimate of drug-likeness (QED) is 0.880. The summed E-state index contributed by atoms with van der Waals surface area (Å²) in [7, 11) is -3.36. The van der Waals surface area contributed by atoms with Crippen molar-refractivity contribution in [3.05, 3.63) is 29.8 Å². The third-order valence-electron chi connectivity index (χ3n) is 3.56. The molecule has 1 heterocycles. The lowest BCUT2D eigenvalue weighted by Gasteiger charge is -2.34. The Labute approximate surface area is 109 Å². The smallest absolute Gasteiger partial charge is 0.243 e. The Hall–Kier alpha value is -0.910. The second-order valence-electron chi connectivity index (χ2n) is 5.11. The zero-order valence-corrected chi connectivity index (χ0v) is 11.7. The maximum atomic E-state index is 12.5. The fourth-order valence-electron chi connectivity index (χ4n) is 2.27. The molecule has 2 atom stereocenters. The first-order valence-corrected chi connectivity index (χ1v) is 7.67. The highest BCUT2D eigenvalue weighted by Crippen LogP contribution is 2.23. The van der Waals surface area contributed by atoms with Crippen molar-refractivity contribution < 1.29 is 8.42 Å².